The van der Waals surface area contributed by atoms with Crippen LogP contribution in [0.5, 0.6) is 0 Å². The third kappa shape index (κ3) is 3.70. The molecule has 2 N–H and O–H groups in total. The molecule has 4 nitrogen and oxygen atoms in total. The average molecular weight is 243 g/mol. The number of carbonyl (C=O) groups is 1. The number of pyridine rings is 1. The highest BCUT2D eigenvalue weighted by Gasteiger charge is 2.19. The Balaban J connectivity index is 2.76. The molecule has 1 aromatic rings. The lowest BCUT2D eigenvalue weighted by atomic mass is 10.0. The highest BCUT2D eigenvalue weighted by atomic mass is 35.5. The minimum atomic E-state index is -0.893. The van der Waals surface area contributed by atoms with Crippen LogP contribution in [0, 0.1) is 5.92 Å². The number of hydrogen-bond donors (Lipinski definition) is 2. The summed E-state index contributed by atoms with van der Waals surface area (Å²) in [6.07, 6.45) is 2.10. The van der Waals surface area contributed by atoms with Gasteiger partial charge in [-0.3, -0.25) is 0 Å². The van der Waals surface area contributed by atoms with Crippen LogP contribution in [0.25, 0.3) is 0 Å². The Hall–Kier alpha value is -1.29. The van der Waals surface area contributed by atoms with E-state index < -0.39 is 12.0 Å². The fourth-order valence-electron chi connectivity index (χ4n) is 1.35. The summed E-state index contributed by atoms with van der Waals surface area (Å²) in [5.74, 6) is -0.191. The second-order valence-corrected chi connectivity index (χ2v) is 4.41. The molecule has 0 aliphatic rings. The number of aliphatic carboxylic acids is 1. The molecular formula is C11H15ClN2O2. The fourth-order valence-corrected chi connectivity index (χ4v) is 1.53. The first kappa shape index (κ1) is 12.8. The summed E-state index contributed by atoms with van der Waals surface area (Å²) in [6, 6.07) is 2.71. The molecule has 0 unspecified atom stereocenters. The topological polar surface area (TPSA) is 62.2 Å². The maximum absolute atomic E-state index is 11.0. The summed E-state index contributed by atoms with van der Waals surface area (Å²) in [4.78, 5) is 15.0. The third-order valence-corrected chi connectivity index (χ3v) is 2.38. The molecule has 1 rings (SSSR count). The van der Waals surface area contributed by atoms with E-state index in [9.17, 15) is 4.79 Å². The van der Waals surface area contributed by atoms with Crippen molar-refractivity contribution >= 4 is 23.4 Å². The summed E-state index contributed by atoms with van der Waals surface area (Å²) in [6.45, 7) is 3.94. The zero-order valence-corrected chi connectivity index (χ0v) is 10.0. The van der Waals surface area contributed by atoms with Gasteiger partial charge in [-0.25, -0.2) is 9.78 Å². The molecule has 0 bridgehead atoms. The van der Waals surface area contributed by atoms with Crippen LogP contribution in [-0.4, -0.2) is 22.1 Å². The van der Waals surface area contributed by atoms with E-state index in [-0.39, 0.29) is 5.92 Å². The van der Waals surface area contributed by atoms with E-state index in [0.29, 0.717) is 17.3 Å². The van der Waals surface area contributed by atoms with Gasteiger partial charge in [0.1, 0.15) is 11.9 Å². The first-order valence-electron chi connectivity index (χ1n) is 5.10. The first-order valence-corrected chi connectivity index (χ1v) is 5.48. The molecule has 1 aromatic heterocycles. The number of rotatable bonds is 5. The van der Waals surface area contributed by atoms with Gasteiger partial charge in [0.2, 0.25) is 0 Å². The Bertz CT molecular complexity index is 369. The summed E-state index contributed by atoms with van der Waals surface area (Å²) in [5, 5.41) is 12.3. The van der Waals surface area contributed by atoms with Crippen LogP contribution in [-0.2, 0) is 4.79 Å². The number of aromatic nitrogens is 1. The van der Waals surface area contributed by atoms with Crippen molar-refractivity contribution in [3.05, 3.63) is 23.4 Å². The van der Waals surface area contributed by atoms with Crippen LogP contribution in [0.15, 0.2) is 18.3 Å². The molecule has 0 fully saturated rings. The van der Waals surface area contributed by atoms with Crippen molar-refractivity contribution in [3.8, 4) is 0 Å². The molecule has 0 aromatic carbocycles. The van der Waals surface area contributed by atoms with E-state index >= 15 is 0 Å². The van der Waals surface area contributed by atoms with Gasteiger partial charge < -0.3 is 10.4 Å². The monoisotopic (exact) mass is 242 g/mol. The van der Waals surface area contributed by atoms with Crippen molar-refractivity contribution in [1.29, 1.82) is 0 Å². The molecule has 1 heterocycles. The normalized spacial score (nSPS) is 12.5. The number of hydrogen-bond acceptors (Lipinski definition) is 3. The standard InChI is InChI=1S/C11H15ClN2O2/c1-7(2)6-9(11(15)16)14-10-8(12)4-3-5-13-10/h3-5,7,9H,6H2,1-2H3,(H,13,14)(H,15,16)/t9-/m0/s1. The lowest BCUT2D eigenvalue weighted by molar-refractivity contribution is -0.138. The molecule has 0 saturated carbocycles. The predicted molar refractivity (Wildman–Crippen MR) is 63.7 cm³/mol. The van der Waals surface area contributed by atoms with Crippen LogP contribution in [0.1, 0.15) is 20.3 Å². The van der Waals surface area contributed by atoms with Crippen LogP contribution >= 0.6 is 11.6 Å². The Kier molecular flexibility index (Phi) is 4.55. The minimum absolute atomic E-state index is 0.288. The van der Waals surface area contributed by atoms with E-state index in [2.05, 4.69) is 10.3 Å². The Labute approximate surface area is 99.6 Å². The third-order valence-electron chi connectivity index (χ3n) is 2.07. The van der Waals surface area contributed by atoms with Gasteiger partial charge >= 0.3 is 5.97 Å². The number of carboxylic acids is 1. The highest BCUT2D eigenvalue weighted by Crippen LogP contribution is 2.20. The average Bonchev–Trinajstić information content (AvgIpc) is 2.19. The quantitative estimate of drug-likeness (QED) is 0.833. The van der Waals surface area contributed by atoms with E-state index in [4.69, 9.17) is 16.7 Å². The summed E-state index contributed by atoms with van der Waals surface area (Å²) < 4.78 is 0. The van der Waals surface area contributed by atoms with Crippen molar-refractivity contribution in [1.82, 2.24) is 4.98 Å². The second-order valence-electron chi connectivity index (χ2n) is 4.00. The number of halogens is 1. The van der Waals surface area contributed by atoms with Crippen molar-refractivity contribution in [3.63, 3.8) is 0 Å². The summed E-state index contributed by atoms with van der Waals surface area (Å²) in [7, 11) is 0. The van der Waals surface area contributed by atoms with E-state index in [0.717, 1.165) is 0 Å². The molecular weight excluding hydrogens is 228 g/mol. The number of nitrogens with zero attached hydrogens (tertiary/aromatic N) is 1. The number of carboxylic acid groups (broad SMARTS) is 1. The van der Waals surface area contributed by atoms with Gasteiger partial charge in [0, 0.05) is 6.20 Å². The fraction of sp³-hybridized carbons (Fsp3) is 0.455. The van der Waals surface area contributed by atoms with Gasteiger partial charge in [-0.1, -0.05) is 25.4 Å². The predicted octanol–water partition coefficient (Wildman–Crippen LogP) is 2.65. The van der Waals surface area contributed by atoms with E-state index in [1.807, 2.05) is 13.8 Å². The SMILES string of the molecule is CC(C)C[C@H](Nc1ncccc1Cl)C(=O)O. The van der Waals surface area contributed by atoms with Crippen LogP contribution in [0.4, 0.5) is 5.82 Å². The van der Waals surface area contributed by atoms with Crippen molar-refractivity contribution in [2.24, 2.45) is 5.92 Å². The van der Waals surface area contributed by atoms with Gasteiger partial charge in [0.05, 0.1) is 5.02 Å². The molecule has 0 aliphatic heterocycles. The van der Waals surface area contributed by atoms with Gasteiger partial charge in [0.25, 0.3) is 0 Å². The lowest BCUT2D eigenvalue weighted by Crippen LogP contribution is -2.31. The molecule has 0 radical (unpaired) electrons. The van der Waals surface area contributed by atoms with Crippen molar-refractivity contribution in [2.75, 3.05) is 5.32 Å². The van der Waals surface area contributed by atoms with E-state index in [1.54, 1.807) is 18.3 Å². The van der Waals surface area contributed by atoms with E-state index in [1.165, 1.54) is 0 Å². The van der Waals surface area contributed by atoms with Gasteiger partial charge in [-0.15, -0.1) is 0 Å². The zero-order chi connectivity index (χ0) is 12.1. The number of nitrogens with one attached hydrogen (secondary N) is 1. The van der Waals surface area contributed by atoms with Gasteiger partial charge in [-0.05, 0) is 24.5 Å². The molecule has 0 spiro atoms. The lowest BCUT2D eigenvalue weighted by Gasteiger charge is -2.17. The largest absolute Gasteiger partial charge is 0.480 e. The molecule has 5 heteroatoms. The zero-order valence-electron chi connectivity index (χ0n) is 9.27. The van der Waals surface area contributed by atoms with Gasteiger partial charge in [0.15, 0.2) is 0 Å². The van der Waals surface area contributed by atoms with Crippen LogP contribution in [0.2, 0.25) is 5.02 Å². The van der Waals surface area contributed by atoms with Crippen molar-refractivity contribution < 1.29 is 9.90 Å². The molecule has 0 saturated heterocycles. The molecule has 1 atom stereocenters. The van der Waals surface area contributed by atoms with Crippen LogP contribution in [0.3, 0.4) is 0 Å². The van der Waals surface area contributed by atoms with Crippen LogP contribution < -0.4 is 5.32 Å². The molecule has 0 aliphatic carbocycles. The second kappa shape index (κ2) is 5.70. The smallest absolute Gasteiger partial charge is 0.326 e. The molecule has 16 heavy (non-hydrogen) atoms. The summed E-state index contributed by atoms with van der Waals surface area (Å²) >= 11 is 5.89. The Morgan fingerprint density at radius 2 is 2.31 bits per heavy atom. The minimum Gasteiger partial charge on any atom is -0.480 e. The molecule has 0 amide bonds. The van der Waals surface area contributed by atoms with Gasteiger partial charge in [-0.2, -0.15) is 0 Å². The Morgan fingerprint density at radius 3 is 2.81 bits per heavy atom. The summed E-state index contributed by atoms with van der Waals surface area (Å²) in [5.41, 5.74) is 0. The maximum atomic E-state index is 11.0. The highest BCUT2D eigenvalue weighted by molar-refractivity contribution is 6.32. The van der Waals surface area contributed by atoms with Crippen molar-refractivity contribution in [2.45, 2.75) is 26.3 Å². The maximum Gasteiger partial charge on any atom is 0.326 e. The molecule has 88 valence electrons. The Morgan fingerprint density at radius 1 is 1.62 bits per heavy atom. The number of anilines is 1. The first-order chi connectivity index (χ1) is 7.50.